The van der Waals surface area contributed by atoms with Gasteiger partial charge in [0.25, 0.3) is 0 Å². The number of esters is 1. The van der Waals surface area contributed by atoms with Crippen LogP contribution in [0.15, 0.2) is 0 Å². The number of rotatable bonds is 7. The van der Waals surface area contributed by atoms with Gasteiger partial charge in [-0.05, 0) is 38.0 Å². The van der Waals surface area contributed by atoms with E-state index in [0.29, 0.717) is 62.2 Å². The Hall–Kier alpha value is -2.31. The second kappa shape index (κ2) is 12.1. The highest BCUT2D eigenvalue weighted by molar-refractivity contribution is 7.98. The van der Waals surface area contributed by atoms with Gasteiger partial charge in [0.05, 0.1) is 37.6 Å². The number of piperazine rings is 1. The molecule has 1 atom stereocenters. The molecule has 2 aliphatic heterocycles. The first-order chi connectivity index (χ1) is 17.1. The maximum Gasteiger partial charge on any atom is 0.330 e. The lowest BCUT2D eigenvalue weighted by molar-refractivity contribution is -0.155. The number of nitrogens with zero attached hydrogens (tertiary/aromatic N) is 4. The average Bonchev–Trinajstić information content (AvgIpc) is 2.91. The number of anilines is 1. The van der Waals surface area contributed by atoms with Gasteiger partial charge in [-0.2, -0.15) is 17.0 Å². The molecule has 3 heterocycles. The highest BCUT2D eigenvalue weighted by Crippen LogP contribution is 2.39. The molecular formula is C26H36N4O4S. The molecule has 1 saturated heterocycles. The Morgan fingerprint density at radius 2 is 2.03 bits per heavy atom. The number of amides is 1. The smallest absolute Gasteiger partial charge is 0.330 e. The maximum atomic E-state index is 12.9. The van der Waals surface area contributed by atoms with E-state index < -0.39 is 12.0 Å². The first-order valence-corrected chi connectivity index (χ1v) is 14.2. The van der Waals surface area contributed by atoms with Crippen LogP contribution in [0.3, 0.4) is 0 Å². The van der Waals surface area contributed by atoms with Crippen LogP contribution in [-0.4, -0.2) is 72.7 Å². The summed E-state index contributed by atoms with van der Waals surface area (Å²) in [5.41, 5.74) is 3.80. The third kappa shape index (κ3) is 5.59. The molecule has 8 nitrogen and oxygen atoms in total. The second-order valence-electron chi connectivity index (χ2n) is 9.45. The number of hydrogen-bond donors (Lipinski definition) is 0. The number of carbonyl (C=O) groups excluding carboxylic acids is 2. The van der Waals surface area contributed by atoms with Crippen molar-refractivity contribution in [2.24, 2.45) is 0 Å². The predicted molar refractivity (Wildman–Crippen MR) is 135 cm³/mol. The van der Waals surface area contributed by atoms with E-state index in [2.05, 4.69) is 6.07 Å². The number of hydrogen-bond acceptors (Lipinski definition) is 8. The number of nitriles is 1. The predicted octanol–water partition coefficient (Wildman–Crippen LogP) is 3.41. The fraction of sp³-hybridized carbons (Fsp3) is 0.692. The summed E-state index contributed by atoms with van der Waals surface area (Å²) in [5.74, 6) is 1.31. The first kappa shape index (κ1) is 25.8. The van der Waals surface area contributed by atoms with Gasteiger partial charge in [-0.15, -0.1) is 0 Å². The number of pyridine rings is 1. The Bertz CT molecular complexity index is 973. The molecule has 190 valence electrons. The summed E-state index contributed by atoms with van der Waals surface area (Å²) in [7, 11) is 0. The molecule has 1 aromatic heterocycles. The lowest BCUT2D eigenvalue weighted by Crippen LogP contribution is -2.59. The van der Waals surface area contributed by atoms with Gasteiger partial charge in [0, 0.05) is 36.7 Å². The van der Waals surface area contributed by atoms with Crippen LogP contribution < -0.4 is 4.90 Å². The van der Waals surface area contributed by atoms with Crippen molar-refractivity contribution in [1.82, 2.24) is 9.88 Å². The molecule has 1 saturated carbocycles. The van der Waals surface area contributed by atoms with Crippen LogP contribution in [0.1, 0.15) is 73.8 Å². The molecule has 0 radical (unpaired) electrons. The quantitative estimate of drug-likeness (QED) is 0.526. The Morgan fingerprint density at radius 1 is 1.23 bits per heavy atom. The van der Waals surface area contributed by atoms with Crippen LogP contribution in [0, 0.1) is 11.3 Å². The van der Waals surface area contributed by atoms with E-state index in [1.807, 2.05) is 11.2 Å². The molecule has 1 aromatic rings. The molecule has 1 unspecified atom stereocenters. The van der Waals surface area contributed by atoms with Crippen molar-refractivity contribution in [2.45, 2.75) is 70.4 Å². The van der Waals surface area contributed by atoms with Gasteiger partial charge >= 0.3 is 5.97 Å². The third-order valence-electron chi connectivity index (χ3n) is 7.35. The molecule has 0 N–H and O–H groups in total. The topological polar surface area (TPSA) is 95.8 Å². The molecule has 0 bridgehead atoms. The normalized spacial score (nSPS) is 20.8. The zero-order chi connectivity index (χ0) is 24.8. The van der Waals surface area contributed by atoms with Crippen LogP contribution in [0.25, 0.3) is 0 Å². The van der Waals surface area contributed by atoms with Crippen LogP contribution in [0.2, 0.25) is 0 Å². The SMILES string of the molecule is CCOC(=O)C1CN(c2nc(C3CCCCC3)c3c(c2C#N)CCOC3)CCN1C(=O)CCSC. The summed E-state index contributed by atoms with van der Waals surface area (Å²) in [6.07, 6.45) is 8.91. The molecule has 0 spiro atoms. The molecule has 35 heavy (non-hydrogen) atoms. The van der Waals surface area contributed by atoms with Gasteiger partial charge in [0.15, 0.2) is 0 Å². The van der Waals surface area contributed by atoms with Crippen LogP contribution in [-0.2, 0) is 32.1 Å². The van der Waals surface area contributed by atoms with Crippen LogP contribution in [0.5, 0.6) is 0 Å². The molecule has 0 aromatic carbocycles. The highest BCUT2D eigenvalue weighted by atomic mass is 32.2. The Morgan fingerprint density at radius 3 is 2.74 bits per heavy atom. The van der Waals surface area contributed by atoms with Crippen molar-refractivity contribution in [1.29, 1.82) is 5.26 Å². The molecule has 3 aliphatic rings. The van der Waals surface area contributed by atoms with Gasteiger partial charge in [-0.1, -0.05) is 19.3 Å². The Kier molecular flexibility index (Phi) is 8.90. The molecular weight excluding hydrogens is 464 g/mol. The molecule has 4 rings (SSSR count). The summed E-state index contributed by atoms with van der Waals surface area (Å²) in [6.45, 7) is 4.35. The van der Waals surface area contributed by atoms with E-state index in [1.165, 1.54) is 19.3 Å². The first-order valence-electron chi connectivity index (χ1n) is 12.8. The van der Waals surface area contributed by atoms with Crippen LogP contribution >= 0.6 is 11.8 Å². The van der Waals surface area contributed by atoms with Gasteiger partial charge in [0.1, 0.15) is 17.9 Å². The number of fused-ring (bicyclic) bond motifs is 1. The zero-order valence-corrected chi connectivity index (χ0v) is 21.7. The van der Waals surface area contributed by atoms with Gasteiger partial charge in [-0.3, -0.25) is 4.79 Å². The summed E-state index contributed by atoms with van der Waals surface area (Å²) < 4.78 is 11.1. The standard InChI is InChI=1S/C26H36N4O4S/c1-3-34-26(32)22-16-29(11-12-30(22)23(31)10-14-35-2)25-20(15-27)19-9-13-33-17-21(19)24(28-25)18-7-5-4-6-8-18/h18,22H,3-14,16-17H2,1-2H3. The largest absolute Gasteiger partial charge is 0.464 e. The van der Waals surface area contributed by atoms with Crippen molar-refractivity contribution in [3.05, 3.63) is 22.4 Å². The third-order valence-corrected chi connectivity index (χ3v) is 7.96. The van der Waals surface area contributed by atoms with E-state index in [1.54, 1.807) is 23.6 Å². The van der Waals surface area contributed by atoms with Crippen molar-refractivity contribution in [2.75, 3.05) is 49.8 Å². The van der Waals surface area contributed by atoms with E-state index in [4.69, 9.17) is 14.5 Å². The number of thioether (sulfide) groups is 1. The maximum absolute atomic E-state index is 12.9. The monoisotopic (exact) mass is 500 g/mol. The van der Waals surface area contributed by atoms with E-state index in [-0.39, 0.29) is 19.1 Å². The lowest BCUT2D eigenvalue weighted by atomic mass is 9.82. The lowest BCUT2D eigenvalue weighted by Gasteiger charge is -2.41. The minimum Gasteiger partial charge on any atom is -0.464 e. The van der Waals surface area contributed by atoms with E-state index in [9.17, 15) is 14.9 Å². The summed E-state index contributed by atoms with van der Waals surface area (Å²) in [5, 5.41) is 10.2. The Balaban J connectivity index is 1.69. The molecule has 1 aliphatic carbocycles. The van der Waals surface area contributed by atoms with E-state index >= 15 is 0 Å². The minimum absolute atomic E-state index is 0.0315. The summed E-state index contributed by atoms with van der Waals surface area (Å²) >= 11 is 1.61. The van der Waals surface area contributed by atoms with Crippen molar-refractivity contribution >= 4 is 29.5 Å². The average molecular weight is 501 g/mol. The van der Waals surface area contributed by atoms with E-state index in [0.717, 1.165) is 29.7 Å². The molecule has 2 fully saturated rings. The number of carbonyl (C=O) groups is 2. The van der Waals surface area contributed by atoms with Gasteiger partial charge in [0.2, 0.25) is 5.91 Å². The summed E-state index contributed by atoms with van der Waals surface area (Å²) in [6, 6.07) is 1.72. The molecule has 1 amide bonds. The summed E-state index contributed by atoms with van der Waals surface area (Å²) in [4.78, 5) is 34.6. The van der Waals surface area contributed by atoms with Crippen molar-refractivity contribution in [3.8, 4) is 6.07 Å². The number of aromatic nitrogens is 1. The van der Waals surface area contributed by atoms with Gasteiger partial charge < -0.3 is 19.3 Å². The fourth-order valence-corrected chi connectivity index (χ4v) is 5.95. The number of ether oxygens (including phenoxy) is 2. The zero-order valence-electron chi connectivity index (χ0n) is 20.9. The van der Waals surface area contributed by atoms with Gasteiger partial charge in [-0.25, -0.2) is 9.78 Å². The minimum atomic E-state index is -0.705. The second-order valence-corrected chi connectivity index (χ2v) is 10.4. The Labute approximate surface area is 212 Å². The van der Waals surface area contributed by atoms with Crippen molar-refractivity contribution in [3.63, 3.8) is 0 Å². The van der Waals surface area contributed by atoms with Crippen molar-refractivity contribution < 1.29 is 19.1 Å². The highest BCUT2D eigenvalue weighted by Gasteiger charge is 2.38. The van der Waals surface area contributed by atoms with Crippen LogP contribution in [0.4, 0.5) is 5.82 Å². The molecule has 9 heteroatoms. The fourth-order valence-electron chi connectivity index (χ4n) is 5.57.